The molecular weight excluding hydrogens is 401 g/mol. The highest BCUT2D eigenvalue weighted by atomic mass is 32.2. The molecule has 1 aromatic heterocycles. The first-order chi connectivity index (χ1) is 13.0. The molecule has 1 amide bonds. The van der Waals surface area contributed by atoms with Crippen LogP contribution in [0, 0.1) is 5.82 Å². The normalized spacial score (nSPS) is 18.4. The van der Waals surface area contributed by atoms with E-state index in [0.29, 0.717) is 5.41 Å². The number of alkyl halides is 2. The second-order valence-electron chi connectivity index (χ2n) is 6.12. The van der Waals surface area contributed by atoms with E-state index < -0.39 is 51.7 Å². The Balaban J connectivity index is 2.11. The van der Waals surface area contributed by atoms with Gasteiger partial charge in [-0.25, -0.2) is 31.0 Å². The predicted molar refractivity (Wildman–Crippen MR) is 93.5 cm³/mol. The Labute approximate surface area is 157 Å². The van der Waals surface area contributed by atoms with Gasteiger partial charge in [-0.2, -0.15) is 5.10 Å². The highest BCUT2D eigenvalue weighted by Crippen LogP contribution is 2.44. The number of nitrogens with zero attached hydrogens (tertiary/aromatic N) is 3. The van der Waals surface area contributed by atoms with Gasteiger partial charge in [-0.15, -0.1) is 0 Å². The second-order valence-corrected chi connectivity index (χ2v) is 7.74. The Morgan fingerprint density at radius 2 is 2.00 bits per heavy atom. The van der Waals surface area contributed by atoms with Crippen molar-refractivity contribution in [1.29, 1.82) is 0 Å². The van der Waals surface area contributed by atoms with Crippen molar-refractivity contribution in [3.63, 3.8) is 0 Å². The summed E-state index contributed by atoms with van der Waals surface area (Å²) in [5.74, 6) is -5.91. The molecule has 1 saturated heterocycles. The van der Waals surface area contributed by atoms with Gasteiger partial charge in [-0.05, 0) is 31.2 Å². The molecule has 0 aliphatic carbocycles. The second kappa shape index (κ2) is 6.55. The van der Waals surface area contributed by atoms with Gasteiger partial charge < -0.3 is 10.0 Å². The van der Waals surface area contributed by atoms with Crippen molar-refractivity contribution in [1.82, 2.24) is 14.5 Å². The van der Waals surface area contributed by atoms with Gasteiger partial charge in [-0.3, -0.25) is 4.79 Å². The van der Waals surface area contributed by atoms with Crippen LogP contribution in [0.4, 0.5) is 19.0 Å². The summed E-state index contributed by atoms with van der Waals surface area (Å²) in [6, 6.07) is 3.36. The van der Waals surface area contributed by atoms with Gasteiger partial charge >= 0.3 is 0 Å². The van der Waals surface area contributed by atoms with Gasteiger partial charge in [0.2, 0.25) is 0 Å². The van der Waals surface area contributed by atoms with Crippen LogP contribution >= 0.6 is 0 Å². The number of rotatable bonds is 5. The van der Waals surface area contributed by atoms with Crippen LogP contribution in [0.1, 0.15) is 17.4 Å². The average molecular weight is 416 g/mol. The summed E-state index contributed by atoms with van der Waals surface area (Å²) in [7, 11) is -4.18. The Kier molecular flexibility index (Phi) is 4.61. The van der Waals surface area contributed by atoms with Gasteiger partial charge in [0.1, 0.15) is 5.82 Å². The molecule has 1 aromatic carbocycles. The number of aromatic nitrogens is 2. The van der Waals surface area contributed by atoms with Crippen molar-refractivity contribution in [3.05, 3.63) is 47.8 Å². The molecule has 2 N–H and O–H groups in total. The maximum atomic E-state index is 13.6. The van der Waals surface area contributed by atoms with E-state index in [1.54, 1.807) is 4.72 Å². The molecule has 0 bridgehead atoms. The molecule has 1 aliphatic heterocycles. The molecule has 28 heavy (non-hydrogen) atoms. The molecule has 12 heteroatoms. The minimum Gasteiger partial charge on any atom is -0.503 e. The number of hydrogen-bond acceptors (Lipinski definition) is 6. The molecule has 150 valence electrons. The number of halogens is 3. The summed E-state index contributed by atoms with van der Waals surface area (Å²) in [4.78, 5) is 13.3. The number of nitrogens with one attached hydrogen (secondary N) is 1. The van der Waals surface area contributed by atoms with Gasteiger partial charge in [0.15, 0.2) is 17.3 Å². The van der Waals surface area contributed by atoms with Crippen LogP contribution in [0.5, 0.6) is 5.75 Å². The number of carbonyl (C=O) groups excluding carboxylic acids is 1. The summed E-state index contributed by atoms with van der Waals surface area (Å²) in [6.45, 7) is 3.50. The lowest BCUT2D eigenvalue weighted by Gasteiger charge is -2.46. The van der Waals surface area contributed by atoms with Crippen LogP contribution in [0.15, 0.2) is 36.3 Å². The Bertz CT molecular complexity index is 1050. The predicted octanol–water partition coefficient (Wildman–Crippen LogP) is 1.76. The SMILES string of the molecule is C=CS(=O)(=O)NC(=O)c1nn(-c2ccc(F)cc2)c(N2CC(F)(F)[C@H]2C)c1O. The van der Waals surface area contributed by atoms with Crippen molar-refractivity contribution in [2.24, 2.45) is 0 Å². The zero-order valence-electron chi connectivity index (χ0n) is 14.4. The lowest BCUT2D eigenvalue weighted by atomic mass is 10.00. The lowest BCUT2D eigenvalue weighted by molar-refractivity contribution is -0.0647. The Morgan fingerprint density at radius 3 is 2.50 bits per heavy atom. The molecule has 0 radical (unpaired) electrons. The summed E-state index contributed by atoms with van der Waals surface area (Å²) >= 11 is 0. The van der Waals surface area contributed by atoms with E-state index in [9.17, 15) is 31.5 Å². The third kappa shape index (κ3) is 3.30. The fourth-order valence-corrected chi connectivity index (χ4v) is 3.10. The number of aromatic hydroxyl groups is 1. The van der Waals surface area contributed by atoms with Crippen LogP contribution in [-0.2, 0) is 10.0 Å². The molecule has 0 unspecified atom stereocenters. The quantitative estimate of drug-likeness (QED) is 0.770. The summed E-state index contributed by atoms with van der Waals surface area (Å²) in [5.41, 5.74) is -0.535. The van der Waals surface area contributed by atoms with E-state index in [1.807, 2.05) is 0 Å². The average Bonchev–Trinajstić information content (AvgIpc) is 2.97. The van der Waals surface area contributed by atoms with Crippen LogP contribution in [-0.4, -0.2) is 47.7 Å². The van der Waals surface area contributed by atoms with Gasteiger partial charge in [0.25, 0.3) is 21.9 Å². The molecule has 1 atom stereocenters. The van der Waals surface area contributed by atoms with E-state index in [0.717, 1.165) is 21.7 Å². The highest BCUT2D eigenvalue weighted by molar-refractivity contribution is 7.92. The van der Waals surface area contributed by atoms with Crippen LogP contribution in [0.2, 0.25) is 0 Å². The maximum absolute atomic E-state index is 13.6. The number of anilines is 1. The summed E-state index contributed by atoms with van der Waals surface area (Å²) in [5, 5.41) is 14.8. The highest BCUT2D eigenvalue weighted by Gasteiger charge is 2.54. The number of carbonyl (C=O) groups is 1. The molecule has 1 aliphatic rings. The Morgan fingerprint density at radius 1 is 1.39 bits per heavy atom. The zero-order valence-corrected chi connectivity index (χ0v) is 15.3. The molecule has 8 nitrogen and oxygen atoms in total. The number of benzene rings is 1. The van der Waals surface area contributed by atoms with Crippen molar-refractivity contribution in [2.45, 2.75) is 18.9 Å². The first kappa shape index (κ1) is 19.7. The summed E-state index contributed by atoms with van der Waals surface area (Å²) in [6.07, 6.45) is 0. The minimum absolute atomic E-state index is 0.166. The molecule has 3 rings (SSSR count). The third-order valence-electron chi connectivity index (χ3n) is 4.31. The van der Waals surface area contributed by atoms with Crippen molar-refractivity contribution in [3.8, 4) is 11.4 Å². The smallest absolute Gasteiger partial charge is 0.289 e. The number of hydrogen-bond donors (Lipinski definition) is 2. The standard InChI is InChI=1S/C16H15F3N4O4S/c1-3-28(26,27)21-14(25)12-13(24)15(22-8-16(18,19)9(22)2)23(20-12)11-6-4-10(17)5-7-11/h3-7,9,24H,1,8H2,2H3,(H,21,25)/t9-/m1/s1. The van der Waals surface area contributed by atoms with E-state index >= 15 is 0 Å². The first-order valence-electron chi connectivity index (χ1n) is 7.89. The Hall–Kier alpha value is -3.02. The first-order valence-corrected chi connectivity index (χ1v) is 9.43. The molecular formula is C16H15F3N4O4S. The van der Waals surface area contributed by atoms with E-state index in [-0.39, 0.29) is 11.5 Å². The fourth-order valence-electron chi connectivity index (χ4n) is 2.66. The number of sulfonamides is 1. The minimum atomic E-state index is -4.18. The largest absolute Gasteiger partial charge is 0.503 e. The van der Waals surface area contributed by atoms with Crippen molar-refractivity contribution < 1.29 is 31.5 Å². The summed E-state index contributed by atoms with van der Waals surface area (Å²) < 4.78 is 66.1. The molecule has 1 fully saturated rings. The van der Waals surface area contributed by atoms with Crippen molar-refractivity contribution in [2.75, 3.05) is 11.4 Å². The molecule has 0 spiro atoms. The molecule has 0 saturated carbocycles. The number of amides is 1. The van der Waals surface area contributed by atoms with Crippen LogP contribution < -0.4 is 9.62 Å². The lowest BCUT2D eigenvalue weighted by Crippen LogP contribution is -2.64. The monoisotopic (exact) mass is 416 g/mol. The maximum Gasteiger partial charge on any atom is 0.289 e. The molecule has 2 heterocycles. The van der Waals surface area contributed by atoms with Gasteiger partial charge in [0, 0.05) is 5.41 Å². The van der Waals surface area contributed by atoms with Gasteiger partial charge in [0.05, 0.1) is 18.3 Å². The fraction of sp³-hybridized carbons (Fsp3) is 0.250. The topological polar surface area (TPSA) is 105 Å². The molecule has 2 aromatic rings. The van der Waals surface area contributed by atoms with E-state index in [1.165, 1.54) is 19.1 Å². The van der Waals surface area contributed by atoms with E-state index in [4.69, 9.17) is 0 Å². The van der Waals surface area contributed by atoms with Gasteiger partial charge in [-0.1, -0.05) is 6.58 Å². The zero-order chi connectivity index (χ0) is 20.9. The third-order valence-corrected chi connectivity index (χ3v) is 5.22. The van der Waals surface area contributed by atoms with Crippen LogP contribution in [0.25, 0.3) is 5.69 Å². The van der Waals surface area contributed by atoms with E-state index in [2.05, 4.69) is 11.7 Å². The van der Waals surface area contributed by atoms with Crippen LogP contribution in [0.3, 0.4) is 0 Å². The van der Waals surface area contributed by atoms with Crippen molar-refractivity contribution >= 4 is 21.7 Å².